The van der Waals surface area contributed by atoms with Crippen LogP contribution in [-0.2, 0) is 15.9 Å². The van der Waals surface area contributed by atoms with Crippen molar-refractivity contribution in [3.8, 4) is 0 Å². The summed E-state index contributed by atoms with van der Waals surface area (Å²) < 4.78 is 11.2. The molecular formula is C14H25N3O2. The third kappa shape index (κ3) is 2.82. The van der Waals surface area contributed by atoms with Gasteiger partial charge in [0, 0.05) is 6.61 Å². The maximum absolute atomic E-state index is 5.68. The predicted molar refractivity (Wildman–Crippen MR) is 72.8 cm³/mol. The monoisotopic (exact) mass is 267 g/mol. The van der Waals surface area contributed by atoms with Crippen LogP contribution in [-0.4, -0.2) is 23.3 Å². The molecule has 1 fully saturated rings. The molecule has 0 saturated carbocycles. The third-order valence-corrected chi connectivity index (χ3v) is 3.80. The van der Waals surface area contributed by atoms with Crippen LogP contribution in [0.25, 0.3) is 0 Å². The standard InChI is InChI=1S/C14H25N3O2/c1-5-8-14(9-7-10-15-14)12-16-11(17-19-12)13(3,4)18-6-2/h15H,5-10H2,1-4H3. The van der Waals surface area contributed by atoms with Crippen LogP contribution in [0.1, 0.15) is 65.1 Å². The number of nitrogens with one attached hydrogen (secondary N) is 1. The highest BCUT2D eigenvalue weighted by Gasteiger charge is 2.41. The zero-order valence-corrected chi connectivity index (χ0v) is 12.5. The summed E-state index contributed by atoms with van der Waals surface area (Å²) in [5.41, 5.74) is -0.620. The van der Waals surface area contributed by atoms with Crippen LogP contribution < -0.4 is 5.32 Å². The molecule has 0 spiro atoms. The molecule has 2 rings (SSSR count). The molecule has 1 saturated heterocycles. The molecule has 19 heavy (non-hydrogen) atoms. The first-order chi connectivity index (χ1) is 9.04. The van der Waals surface area contributed by atoms with Crippen LogP contribution in [0.5, 0.6) is 0 Å². The molecule has 0 aromatic carbocycles. The first-order valence-electron chi connectivity index (χ1n) is 7.28. The molecule has 1 N–H and O–H groups in total. The lowest BCUT2D eigenvalue weighted by atomic mass is 9.92. The van der Waals surface area contributed by atoms with Crippen molar-refractivity contribution in [3.63, 3.8) is 0 Å². The van der Waals surface area contributed by atoms with Gasteiger partial charge in [-0.05, 0) is 46.6 Å². The fraction of sp³-hybridized carbons (Fsp3) is 0.857. The van der Waals surface area contributed by atoms with E-state index < -0.39 is 5.60 Å². The van der Waals surface area contributed by atoms with Gasteiger partial charge in [0.2, 0.25) is 11.7 Å². The summed E-state index contributed by atoms with van der Waals surface area (Å²) >= 11 is 0. The van der Waals surface area contributed by atoms with E-state index in [1.165, 1.54) is 0 Å². The van der Waals surface area contributed by atoms with Crippen LogP contribution in [0, 0.1) is 0 Å². The van der Waals surface area contributed by atoms with Crippen molar-refractivity contribution in [2.45, 2.75) is 64.5 Å². The van der Waals surface area contributed by atoms with Gasteiger partial charge in [-0.15, -0.1) is 0 Å². The van der Waals surface area contributed by atoms with Gasteiger partial charge >= 0.3 is 0 Å². The van der Waals surface area contributed by atoms with E-state index in [4.69, 9.17) is 9.26 Å². The molecule has 2 heterocycles. The number of nitrogens with zero attached hydrogens (tertiary/aromatic N) is 2. The summed E-state index contributed by atoms with van der Waals surface area (Å²) in [4.78, 5) is 4.61. The quantitative estimate of drug-likeness (QED) is 0.858. The largest absolute Gasteiger partial charge is 0.368 e. The van der Waals surface area contributed by atoms with Crippen molar-refractivity contribution in [1.82, 2.24) is 15.5 Å². The molecule has 5 heteroatoms. The molecular weight excluding hydrogens is 242 g/mol. The van der Waals surface area contributed by atoms with Gasteiger partial charge in [-0.3, -0.25) is 0 Å². The maximum Gasteiger partial charge on any atom is 0.247 e. The van der Waals surface area contributed by atoms with Crippen molar-refractivity contribution in [3.05, 3.63) is 11.7 Å². The van der Waals surface area contributed by atoms with Crippen LogP contribution in [0.2, 0.25) is 0 Å². The van der Waals surface area contributed by atoms with Crippen molar-refractivity contribution in [2.24, 2.45) is 0 Å². The molecule has 1 aromatic heterocycles. The second kappa shape index (κ2) is 5.59. The Morgan fingerprint density at radius 3 is 2.79 bits per heavy atom. The minimum atomic E-state index is -0.498. The normalized spacial score (nSPS) is 24.0. The van der Waals surface area contributed by atoms with Gasteiger partial charge < -0.3 is 14.6 Å². The van der Waals surface area contributed by atoms with Gasteiger partial charge in [0.15, 0.2) is 0 Å². The SMILES string of the molecule is CCCC1(c2nc(C(C)(C)OCC)no2)CCCN1. The fourth-order valence-electron chi connectivity index (χ4n) is 2.82. The molecule has 1 atom stereocenters. The number of hydrogen-bond donors (Lipinski definition) is 1. The number of aromatic nitrogens is 2. The first-order valence-corrected chi connectivity index (χ1v) is 7.28. The first kappa shape index (κ1) is 14.5. The van der Waals surface area contributed by atoms with E-state index in [-0.39, 0.29) is 5.54 Å². The molecule has 108 valence electrons. The van der Waals surface area contributed by atoms with Crippen molar-refractivity contribution < 1.29 is 9.26 Å². The van der Waals surface area contributed by atoms with E-state index in [1.807, 2.05) is 20.8 Å². The van der Waals surface area contributed by atoms with Crippen LogP contribution in [0.4, 0.5) is 0 Å². The van der Waals surface area contributed by atoms with Crippen molar-refractivity contribution in [1.29, 1.82) is 0 Å². The minimum absolute atomic E-state index is 0.123. The summed E-state index contributed by atoms with van der Waals surface area (Å²) in [7, 11) is 0. The zero-order valence-electron chi connectivity index (χ0n) is 12.5. The van der Waals surface area contributed by atoms with E-state index >= 15 is 0 Å². The Labute approximate surface area is 115 Å². The Kier molecular flexibility index (Phi) is 4.26. The Morgan fingerprint density at radius 2 is 2.21 bits per heavy atom. The maximum atomic E-state index is 5.68. The van der Waals surface area contributed by atoms with E-state index in [9.17, 15) is 0 Å². The highest BCUT2D eigenvalue weighted by Crippen LogP contribution is 2.35. The van der Waals surface area contributed by atoms with E-state index in [0.29, 0.717) is 12.4 Å². The van der Waals surface area contributed by atoms with Crippen molar-refractivity contribution in [2.75, 3.05) is 13.2 Å². The van der Waals surface area contributed by atoms with Gasteiger partial charge in [-0.25, -0.2) is 0 Å². The summed E-state index contributed by atoms with van der Waals surface area (Å²) in [5, 5.41) is 7.67. The van der Waals surface area contributed by atoms with Gasteiger partial charge in [-0.1, -0.05) is 18.5 Å². The molecule has 1 unspecified atom stereocenters. The zero-order chi connectivity index (χ0) is 13.9. The Balaban J connectivity index is 2.24. The smallest absolute Gasteiger partial charge is 0.247 e. The summed E-state index contributed by atoms with van der Waals surface area (Å²) in [6, 6.07) is 0. The van der Waals surface area contributed by atoms with Crippen LogP contribution in [0.15, 0.2) is 4.52 Å². The van der Waals surface area contributed by atoms with Crippen LogP contribution in [0.3, 0.4) is 0 Å². The molecule has 1 aromatic rings. The lowest BCUT2D eigenvalue weighted by Crippen LogP contribution is -2.37. The number of ether oxygens (including phenoxy) is 1. The summed E-state index contributed by atoms with van der Waals surface area (Å²) in [5.74, 6) is 1.35. The molecule has 0 aliphatic carbocycles. The second-order valence-electron chi connectivity index (χ2n) is 5.73. The van der Waals surface area contributed by atoms with E-state index in [2.05, 4.69) is 22.4 Å². The summed E-state index contributed by atoms with van der Waals surface area (Å²) in [6.07, 6.45) is 4.35. The second-order valence-corrected chi connectivity index (χ2v) is 5.73. The van der Waals surface area contributed by atoms with Gasteiger partial charge in [-0.2, -0.15) is 4.98 Å². The highest BCUT2D eigenvalue weighted by molar-refractivity contribution is 5.09. The molecule has 0 amide bonds. The molecule has 5 nitrogen and oxygen atoms in total. The topological polar surface area (TPSA) is 60.2 Å². The third-order valence-electron chi connectivity index (χ3n) is 3.80. The average molecular weight is 267 g/mol. The number of rotatable bonds is 6. The van der Waals surface area contributed by atoms with E-state index in [1.54, 1.807) is 0 Å². The van der Waals surface area contributed by atoms with Gasteiger partial charge in [0.05, 0.1) is 5.54 Å². The molecule has 0 radical (unpaired) electrons. The lowest BCUT2D eigenvalue weighted by molar-refractivity contribution is -0.0221. The Morgan fingerprint density at radius 1 is 1.42 bits per heavy atom. The molecule has 0 bridgehead atoms. The van der Waals surface area contributed by atoms with Gasteiger partial charge in [0.25, 0.3) is 0 Å². The minimum Gasteiger partial charge on any atom is -0.368 e. The fourth-order valence-corrected chi connectivity index (χ4v) is 2.82. The molecule has 1 aliphatic rings. The Bertz CT molecular complexity index is 409. The Hall–Kier alpha value is -0.940. The van der Waals surface area contributed by atoms with Crippen molar-refractivity contribution >= 4 is 0 Å². The lowest BCUT2D eigenvalue weighted by Gasteiger charge is -2.24. The average Bonchev–Trinajstić information content (AvgIpc) is 2.97. The van der Waals surface area contributed by atoms with E-state index in [0.717, 1.165) is 38.1 Å². The highest BCUT2D eigenvalue weighted by atomic mass is 16.5. The summed E-state index contributed by atoms with van der Waals surface area (Å²) in [6.45, 7) is 9.75. The van der Waals surface area contributed by atoms with Crippen LogP contribution >= 0.6 is 0 Å². The number of hydrogen-bond acceptors (Lipinski definition) is 5. The van der Waals surface area contributed by atoms with Gasteiger partial charge in [0.1, 0.15) is 5.60 Å². The molecule has 1 aliphatic heterocycles. The predicted octanol–water partition coefficient (Wildman–Crippen LogP) is 2.72.